The standard InChI is InChI=1S/C16H11F3N2O/c17-16(18,19)12-5-7-13(8-6-12)21-10-11(9-20-22)14-3-1-2-4-15(14)21/h1-10,22H. The van der Waals surface area contributed by atoms with E-state index in [-0.39, 0.29) is 0 Å². The molecule has 1 heterocycles. The first kappa shape index (κ1) is 14.2. The van der Waals surface area contributed by atoms with Gasteiger partial charge in [-0.15, -0.1) is 0 Å². The van der Waals surface area contributed by atoms with E-state index in [9.17, 15) is 13.2 Å². The summed E-state index contributed by atoms with van der Waals surface area (Å²) in [6.45, 7) is 0. The van der Waals surface area contributed by atoms with Gasteiger partial charge < -0.3 is 9.77 Å². The number of alkyl halides is 3. The number of rotatable bonds is 2. The zero-order chi connectivity index (χ0) is 15.7. The fourth-order valence-corrected chi connectivity index (χ4v) is 2.40. The molecule has 0 atom stereocenters. The van der Waals surface area contributed by atoms with Crippen molar-refractivity contribution in [3.05, 3.63) is 65.9 Å². The summed E-state index contributed by atoms with van der Waals surface area (Å²) in [4.78, 5) is 0. The van der Waals surface area contributed by atoms with Gasteiger partial charge in [0.25, 0.3) is 0 Å². The lowest BCUT2D eigenvalue weighted by molar-refractivity contribution is -0.137. The van der Waals surface area contributed by atoms with Crippen molar-refractivity contribution >= 4 is 17.1 Å². The van der Waals surface area contributed by atoms with Crippen LogP contribution in [0.3, 0.4) is 0 Å². The molecule has 22 heavy (non-hydrogen) atoms. The van der Waals surface area contributed by atoms with Crippen LogP contribution in [0.25, 0.3) is 16.6 Å². The molecule has 6 heteroatoms. The first-order valence-corrected chi connectivity index (χ1v) is 6.46. The number of nitrogens with zero attached hydrogens (tertiary/aromatic N) is 2. The van der Waals surface area contributed by atoms with Crippen LogP contribution in [0.5, 0.6) is 0 Å². The number of benzene rings is 2. The van der Waals surface area contributed by atoms with Crippen LogP contribution >= 0.6 is 0 Å². The van der Waals surface area contributed by atoms with Crippen molar-refractivity contribution in [1.29, 1.82) is 0 Å². The van der Waals surface area contributed by atoms with Crippen LogP contribution in [0.2, 0.25) is 0 Å². The molecular formula is C16H11F3N2O. The van der Waals surface area contributed by atoms with E-state index in [2.05, 4.69) is 5.16 Å². The molecule has 0 aliphatic carbocycles. The van der Waals surface area contributed by atoms with E-state index < -0.39 is 11.7 Å². The maximum atomic E-state index is 12.6. The minimum absolute atomic E-state index is 0.599. The first-order valence-electron chi connectivity index (χ1n) is 6.46. The zero-order valence-corrected chi connectivity index (χ0v) is 11.2. The third-order valence-corrected chi connectivity index (χ3v) is 3.41. The van der Waals surface area contributed by atoms with Gasteiger partial charge in [0.2, 0.25) is 0 Å². The quantitative estimate of drug-likeness (QED) is 0.424. The highest BCUT2D eigenvalue weighted by Crippen LogP contribution is 2.30. The Morgan fingerprint density at radius 2 is 1.68 bits per heavy atom. The third kappa shape index (κ3) is 2.43. The van der Waals surface area contributed by atoms with E-state index in [1.54, 1.807) is 10.8 Å². The predicted octanol–water partition coefficient (Wildman–Crippen LogP) is 4.46. The number of oxime groups is 1. The third-order valence-electron chi connectivity index (χ3n) is 3.41. The number of para-hydroxylation sites is 1. The lowest BCUT2D eigenvalue weighted by atomic mass is 10.2. The van der Waals surface area contributed by atoms with E-state index in [0.717, 1.165) is 23.0 Å². The largest absolute Gasteiger partial charge is 0.416 e. The van der Waals surface area contributed by atoms with Crippen LogP contribution in [-0.4, -0.2) is 16.0 Å². The van der Waals surface area contributed by atoms with Gasteiger partial charge in [-0.2, -0.15) is 13.2 Å². The van der Waals surface area contributed by atoms with Crippen LogP contribution < -0.4 is 0 Å². The van der Waals surface area contributed by atoms with Gasteiger partial charge in [-0.1, -0.05) is 23.4 Å². The molecule has 1 N–H and O–H groups in total. The number of hydrogen-bond donors (Lipinski definition) is 1. The summed E-state index contributed by atoms with van der Waals surface area (Å²) in [5.41, 5.74) is 1.40. The van der Waals surface area contributed by atoms with Gasteiger partial charge in [0.1, 0.15) is 0 Å². The van der Waals surface area contributed by atoms with Crippen LogP contribution in [0.1, 0.15) is 11.1 Å². The molecular weight excluding hydrogens is 293 g/mol. The molecule has 0 aliphatic heterocycles. The van der Waals surface area contributed by atoms with Gasteiger partial charge in [0, 0.05) is 22.8 Å². The Balaban J connectivity index is 2.14. The molecule has 0 aliphatic rings. The molecule has 2 aromatic carbocycles. The Bertz CT molecular complexity index is 833. The van der Waals surface area contributed by atoms with Gasteiger partial charge in [-0.3, -0.25) is 0 Å². The number of hydrogen-bond acceptors (Lipinski definition) is 2. The monoisotopic (exact) mass is 304 g/mol. The number of halogens is 3. The summed E-state index contributed by atoms with van der Waals surface area (Å²) < 4.78 is 39.6. The Morgan fingerprint density at radius 3 is 2.32 bits per heavy atom. The van der Waals surface area contributed by atoms with Crippen molar-refractivity contribution in [1.82, 2.24) is 4.57 Å². The first-order chi connectivity index (χ1) is 10.5. The van der Waals surface area contributed by atoms with Crippen molar-refractivity contribution in [2.24, 2.45) is 5.16 Å². The van der Waals surface area contributed by atoms with Gasteiger partial charge in [-0.05, 0) is 30.3 Å². The molecule has 0 radical (unpaired) electrons. The molecule has 112 valence electrons. The van der Waals surface area contributed by atoms with Crippen LogP contribution in [0, 0.1) is 0 Å². The van der Waals surface area contributed by atoms with E-state index in [1.165, 1.54) is 18.3 Å². The van der Waals surface area contributed by atoms with Gasteiger partial charge in [-0.25, -0.2) is 0 Å². The maximum Gasteiger partial charge on any atom is 0.416 e. The van der Waals surface area contributed by atoms with E-state index in [1.807, 2.05) is 24.3 Å². The average Bonchev–Trinajstić information content (AvgIpc) is 2.86. The second kappa shape index (κ2) is 5.22. The van der Waals surface area contributed by atoms with Crippen molar-refractivity contribution in [2.45, 2.75) is 6.18 Å². The van der Waals surface area contributed by atoms with Crippen molar-refractivity contribution in [3.63, 3.8) is 0 Å². The van der Waals surface area contributed by atoms with Crippen LogP contribution in [-0.2, 0) is 6.18 Å². The average molecular weight is 304 g/mol. The van der Waals surface area contributed by atoms with Gasteiger partial charge >= 0.3 is 6.18 Å². The van der Waals surface area contributed by atoms with Crippen LogP contribution in [0.15, 0.2) is 59.9 Å². The molecule has 3 aromatic rings. The summed E-state index contributed by atoms with van der Waals surface area (Å²) >= 11 is 0. The SMILES string of the molecule is ON=Cc1cn(-c2ccc(C(F)(F)F)cc2)c2ccccc12. The van der Waals surface area contributed by atoms with Crippen LogP contribution in [0.4, 0.5) is 13.2 Å². The summed E-state index contributed by atoms with van der Waals surface area (Å²) in [5, 5.41) is 12.6. The van der Waals surface area contributed by atoms with E-state index in [4.69, 9.17) is 5.21 Å². The zero-order valence-electron chi connectivity index (χ0n) is 11.2. The van der Waals surface area contributed by atoms with Crippen molar-refractivity contribution in [3.8, 4) is 5.69 Å². The lowest BCUT2D eigenvalue weighted by Crippen LogP contribution is -2.04. The molecule has 1 aromatic heterocycles. The highest BCUT2D eigenvalue weighted by Gasteiger charge is 2.30. The lowest BCUT2D eigenvalue weighted by Gasteiger charge is -2.09. The normalized spacial score (nSPS) is 12.3. The number of aromatic nitrogens is 1. The topological polar surface area (TPSA) is 37.5 Å². The molecule has 0 fully saturated rings. The van der Waals surface area contributed by atoms with Crippen molar-refractivity contribution < 1.29 is 18.4 Å². The molecule has 0 saturated carbocycles. The molecule has 0 bridgehead atoms. The van der Waals surface area contributed by atoms with Crippen molar-refractivity contribution in [2.75, 3.05) is 0 Å². The summed E-state index contributed by atoms with van der Waals surface area (Å²) in [5.74, 6) is 0. The number of fused-ring (bicyclic) bond motifs is 1. The second-order valence-electron chi connectivity index (χ2n) is 4.76. The fourth-order valence-electron chi connectivity index (χ4n) is 2.40. The van der Waals surface area contributed by atoms with E-state index in [0.29, 0.717) is 11.3 Å². The Kier molecular flexibility index (Phi) is 3.36. The van der Waals surface area contributed by atoms with Gasteiger partial charge in [0.05, 0.1) is 17.3 Å². The maximum absolute atomic E-state index is 12.6. The molecule has 0 unspecified atom stereocenters. The molecule has 0 amide bonds. The molecule has 3 nitrogen and oxygen atoms in total. The molecule has 0 spiro atoms. The fraction of sp³-hybridized carbons (Fsp3) is 0.0625. The summed E-state index contributed by atoms with van der Waals surface area (Å²) in [6, 6.07) is 12.3. The molecule has 3 rings (SSSR count). The van der Waals surface area contributed by atoms with Gasteiger partial charge in [0.15, 0.2) is 0 Å². The summed E-state index contributed by atoms with van der Waals surface area (Å²) in [6.07, 6.45) is -1.35. The highest BCUT2D eigenvalue weighted by atomic mass is 19.4. The second-order valence-corrected chi connectivity index (χ2v) is 4.76. The molecule has 0 saturated heterocycles. The Hall–Kier alpha value is -2.76. The smallest absolute Gasteiger partial charge is 0.411 e. The minimum atomic E-state index is -4.36. The predicted molar refractivity (Wildman–Crippen MR) is 77.7 cm³/mol. The summed E-state index contributed by atoms with van der Waals surface area (Å²) in [7, 11) is 0. The highest BCUT2D eigenvalue weighted by molar-refractivity contribution is 6.00. The Morgan fingerprint density at radius 1 is 1.00 bits per heavy atom. The minimum Gasteiger partial charge on any atom is -0.411 e. The Labute approximate surface area is 123 Å². The van der Waals surface area contributed by atoms with E-state index >= 15 is 0 Å².